The maximum absolute atomic E-state index is 6.35. The molecule has 1 aromatic carbocycles. The van der Waals surface area contributed by atoms with Gasteiger partial charge in [-0.1, -0.05) is 23.7 Å². The number of guanidine groups is 1. The monoisotopic (exact) mass is 388 g/mol. The van der Waals surface area contributed by atoms with Gasteiger partial charge in [0.2, 0.25) is 0 Å². The Bertz CT molecular complexity index is 748. The van der Waals surface area contributed by atoms with Crippen LogP contribution in [0.25, 0.3) is 0 Å². The fourth-order valence-electron chi connectivity index (χ4n) is 3.38. The third-order valence-electron chi connectivity index (χ3n) is 4.91. The van der Waals surface area contributed by atoms with E-state index in [0.29, 0.717) is 0 Å². The highest BCUT2D eigenvalue weighted by Crippen LogP contribution is 2.26. The van der Waals surface area contributed by atoms with E-state index in [9.17, 15) is 0 Å². The number of benzene rings is 1. The maximum Gasteiger partial charge on any atom is 0.194 e. The van der Waals surface area contributed by atoms with Crippen molar-refractivity contribution in [2.24, 2.45) is 4.99 Å². The van der Waals surface area contributed by atoms with Gasteiger partial charge in [-0.05, 0) is 44.4 Å². The molecule has 0 radical (unpaired) electrons. The Labute approximate surface area is 166 Å². The summed E-state index contributed by atoms with van der Waals surface area (Å²) in [7, 11) is 0. The van der Waals surface area contributed by atoms with Gasteiger partial charge >= 0.3 is 0 Å². The lowest BCUT2D eigenvalue weighted by Crippen LogP contribution is -2.52. The Morgan fingerprint density at radius 2 is 2.04 bits per heavy atom. The normalized spacial score (nSPS) is 15.3. The predicted octanol–water partition coefficient (Wildman–Crippen LogP) is 3.09. The number of nitrogens with zero attached hydrogens (tertiary/aromatic N) is 4. The first-order valence-electron chi connectivity index (χ1n) is 9.70. The van der Waals surface area contributed by atoms with E-state index < -0.39 is 0 Å². The van der Waals surface area contributed by atoms with E-state index in [0.717, 1.165) is 74.5 Å². The lowest BCUT2D eigenvalue weighted by molar-refractivity contribution is 0.372. The van der Waals surface area contributed by atoms with E-state index in [4.69, 9.17) is 16.6 Å². The summed E-state index contributed by atoms with van der Waals surface area (Å²) in [5, 5.41) is 11.3. The summed E-state index contributed by atoms with van der Waals surface area (Å²) in [6, 6.07) is 8.07. The molecule has 2 aromatic rings. The Balaban J connectivity index is 1.53. The van der Waals surface area contributed by atoms with Crippen LogP contribution in [-0.4, -0.2) is 60.3 Å². The van der Waals surface area contributed by atoms with Gasteiger partial charge in [0.25, 0.3) is 0 Å². The zero-order valence-corrected chi connectivity index (χ0v) is 17.0. The number of aromatic nitrogens is 2. The highest BCUT2D eigenvalue weighted by Gasteiger charge is 2.20. The number of para-hydroxylation sites is 1. The quantitative estimate of drug-likeness (QED) is 0.453. The van der Waals surface area contributed by atoms with Crippen LogP contribution in [0.4, 0.5) is 5.69 Å². The van der Waals surface area contributed by atoms with Crippen molar-refractivity contribution in [2.45, 2.75) is 26.7 Å². The Morgan fingerprint density at radius 1 is 1.26 bits per heavy atom. The zero-order valence-electron chi connectivity index (χ0n) is 16.2. The van der Waals surface area contributed by atoms with Gasteiger partial charge in [-0.25, -0.2) is 0 Å². The first-order chi connectivity index (χ1) is 13.2. The number of piperazine rings is 1. The molecule has 27 heavy (non-hydrogen) atoms. The Morgan fingerprint density at radius 3 is 2.70 bits per heavy atom. The fraction of sp³-hybridized carbons (Fsp3) is 0.500. The highest BCUT2D eigenvalue weighted by atomic mass is 35.5. The predicted molar refractivity (Wildman–Crippen MR) is 113 cm³/mol. The number of aliphatic imine (C=N–C) groups is 1. The molecule has 2 heterocycles. The van der Waals surface area contributed by atoms with Crippen LogP contribution in [0.15, 0.2) is 35.5 Å². The average Bonchev–Trinajstić information content (AvgIpc) is 3.10. The molecule has 1 fully saturated rings. The molecule has 1 aromatic heterocycles. The first kappa shape index (κ1) is 19.5. The minimum Gasteiger partial charge on any atom is -0.367 e. The number of hydrogen-bond acceptors (Lipinski definition) is 3. The summed E-state index contributed by atoms with van der Waals surface area (Å²) < 4.78 is 0. The van der Waals surface area contributed by atoms with Crippen molar-refractivity contribution in [3.05, 3.63) is 46.7 Å². The summed E-state index contributed by atoms with van der Waals surface area (Å²) in [4.78, 5) is 9.54. The highest BCUT2D eigenvalue weighted by molar-refractivity contribution is 6.33. The topological polar surface area (TPSA) is 59.6 Å². The first-order valence-corrected chi connectivity index (χ1v) is 10.1. The molecule has 1 aliphatic heterocycles. The molecule has 0 bridgehead atoms. The molecule has 1 saturated heterocycles. The van der Waals surface area contributed by atoms with Gasteiger partial charge in [0.05, 0.1) is 16.9 Å². The zero-order chi connectivity index (χ0) is 19.1. The standard InChI is InChI=1S/C20H29ClN6/c1-3-22-20(23-10-6-7-17-15-24-25-16(17)2)27-13-11-26(12-14-27)19-9-5-4-8-18(19)21/h4-5,8-9,15H,3,6-7,10-14H2,1-2H3,(H,22,23)(H,24,25). The smallest absolute Gasteiger partial charge is 0.194 e. The Hall–Kier alpha value is -2.21. The van der Waals surface area contributed by atoms with E-state index in [1.165, 1.54) is 5.56 Å². The number of nitrogens with one attached hydrogen (secondary N) is 2. The summed E-state index contributed by atoms with van der Waals surface area (Å²) in [5.74, 6) is 1.01. The van der Waals surface area contributed by atoms with Gasteiger partial charge in [0.15, 0.2) is 5.96 Å². The second kappa shape index (κ2) is 9.65. The summed E-state index contributed by atoms with van der Waals surface area (Å²) in [6.07, 6.45) is 3.94. The SMILES string of the molecule is CCNC(=NCCCc1cn[nH]c1C)N1CCN(c2ccccc2Cl)CC1. The number of H-pyrrole nitrogens is 1. The molecule has 0 atom stereocenters. The second-order valence-electron chi connectivity index (χ2n) is 6.78. The van der Waals surface area contributed by atoms with Crippen molar-refractivity contribution in [3.63, 3.8) is 0 Å². The van der Waals surface area contributed by atoms with Gasteiger partial charge in [-0.15, -0.1) is 0 Å². The van der Waals surface area contributed by atoms with Gasteiger partial charge in [-0.2, -0.15) is 5.10 Å². The average molecular weight is 389 g/mol. The summed E-state index contributed by atoms with van der Waals surface area (Å²) >= 11 is 6.35. The van der Waals surface area contributed by atoms with Gasteiger partial charge in [0, 0.05) is 45.0 Å². The summed E-state index contributed by atoms with van der Waals surface area (Å²) in [5.41, 5.74) is 3.56. The van der Waals surface area contributed by atoms with E-state index >= 15 is 0 Å². The minimum absolute atomic E-state index is 0.817. The lowest BCUT2D eigenvalue weighted by atomic mass is 10.1. The molecule has 1 aliphatic rings. The van der Waals surface area contributed by atoms with Crippen LogP contribution in [-0.2, 0) is 6.42 Å². The van der Waals surface area contributed by atoms with Crippen LogP contribution in [0.3, 0.4) is 0 Å². The molecule has 0 spiro atoms. The third kappa shape index (κ3) is 5.16. The molecular formula is C20H29ClN6. The van der Waals surface area contributed by atoms with Crippen molar-refractivity contribution in [2.75, 3.05) is 44.2 Å². The third-order valence-corrected chi connectivity index (χ3v) is 5.23. The number of anilines is 1. The largest absolute Gasteiger partial charge is 0.367 e. The minimum atomic E-state index is 0.817. The van der Waals surface area contributed by atoms with E-state index in [2.05, 4.69) is 45.2 Å². The molecule has 2 N–H and O–H groups in total. The van der Waals surface area contributed by atoms with Gasteiger partial charge in [0.1, 0.15) is 0 Å². The maximum atomic E-state index is 6.35. The molecule has 0 aliphatic carbocycles. The molecule has 6 nitrogen and oxygen atoms in total. The van der Waals surface area contributed by atoms with E-state index in [-0.39, 0.29) is 0 Å². The molecule has 3 rings (SSSR count). The number of halogens is 1. The fourth-order valence-corrected chi connectivity index (χ4v) is 3.63. The van der Waals surface area contributed by atoms with Crippen LogP contribution >= 0.6 is 11.6 Å². The molecule has 0 amide bonds. The van der Waals surface area contributed by atoms with Gasteiger partial charge < -0.3 is 15.1 Å². The van der Waals surface area contributed by atoms with Crippen LogP contribution in [0.2, 0.25) is 5.02 Å². The molecule has 0 saturated carbocycles. The number of rotatable bonds is 6. The van der Waals surface area contributed by atoms with Gasteiger partial charge in [-0.3, -0.25) is 10.1 Å². The molecule has 146 valence electrons. The molecular weight excluding hydrogens is 360 g/mol. The lowest BCUT2D eigenvalue weighted by Gasteiger charge is -2.38. The van der Waals surface area contributed by atoms with Crippen molar-refractivity contribution in [3.8, 4) is 0 Å². The summed E-state index contributed by atoms with van der Waals surface area (Å²) in [6.45, 7) is 9.65. The number of aromatic amines is 1. The van der Waals surface area contributed by atoms with Crippen molar-refractivity contribution in [1.29, 1.82) is 0 Å². The van der Waals surface area contributed by atoms with Crippen molar-refractivity contribution < 1.29 is 0 Å². The van der Waals surface area contributed by atoms with Crippen LogP contribution in [0, 0.1) is 6.92 Å². The Kier molecular flexibility index (Phi) is 6.98. The molecule has 7 heteroatoms. The van der Waals surface area contributed by atoms with Crippen LogP contribution in [0.1, 0.15) is 24.6 Å². The van der Waals surface area contributed by atoms with Crippen molar-refractivity contribution >= 4 is 23.2 Å². The van der Waals surface area contributed by atoms with E-state index in [1.54, 1.807) is 0 Å². The van der Waals surface area contributed by atoms with E-state index in [1.807, 2.05) is 24.4 Å². The van der Waals surface area contributed by atoms with Crippen molar-refractivity contribution in [1.82, 2.24) is 20.4 Å². The number of hydrogen-bond donors (Lipinski definition) is 2. The number of aryl methyl sites for hydroxylation is 2. The second-order valence-corrected chi connectivity index (χ2v) is 7.19. The van der Waals surface area contributed by atoms with Crippen LogP contribution < -0.4 is 10.2 Å². The van der Waals surface area contributed by atoms with Crippen LogP contribution in [0.5, 0.6) is 0 Å². The molecule has 0 unspecified atom stereocenters.